The number of rotatable bonds is 7. The molecule has 0 aromatic rings. The maximum atomic E-state index is 12.2. The van der Waals surface area contributed by atoms with Gasteiger partial charge in [-0.2, -0.15) is 0 Å². The maximum Gasteiger partial charge on any atom is 0.248 e. The zero-order valence-corrected chi connectivity index (χ0v) is 12.7. The fourth-order valence-electron chi connectivity index (χ4n) is 2.34. The molecule has 1 saturated heterocycles. The Labute approximate surface area is 121 Å². The number of nitrogens with zero attached hydrogens (tertiary/aromatic N) is 1. The first kappa shape index (κ1) is 16.5. The SMILES string of the molecule is C=C(/C=C1\CCCN1C(=O)CCC[C@@H](C)CC)C(N)=O. The van der Waals surface area contributed by atoms with E-state index in [1.54, 1.807) is 11.0 Å². The average molecular weight is 278 g/mol. The van der Waals surface area contributed by atoms with Gasteiger partial charge in [-0.1, -0.05) is 33.3 Å². The minimum Gasteiger partial charge on any atom is -0.366 e. The predicted octanol–water partition coefficient (Wildman–Crippen LogP) is 2.75. The highest BCUT2D eigenvalue weighted by atomic mass is 16.2. The molecule has 1 heterocycles. The summed E-state index contributed by atoms with van der Waals surface area (Å²) in [4.78, 5) is 25.0. The zero-order valence-electron chi connectivity index (χ0n) is 12.7. The molecule has 0 aliphatic carbocycles. The van der Waals surface area contributed by atoms with Crippen LogP contribution in [0.3, 0.4) is 0 Å². The minimum absolute atomic E-state index is 0.148. The van der Waals surface area contributed by atoms with Gasteiger partial charge in [0.15, 0.2) is 0 Å². The molecular formula is C16H26N2O2. The van der Waals surface area contributed by atoms with Crippen molar-refractivity contribution in [3.63, 3.8) is 0 Å². The summed E-state index contributed by atoms with van der Waals surface area (Å²) in [5.41, 5.74) is 6.32. The van der Waals surface area contributed by atoms with Crippen LogP contribution < -0.4 is 5.73 Å². The van der Waals surface area contributed by atoms with Gasteiger partial charge < -0.3 is 10.6 Å². The summed E-state index contributed by atoms with van der Waals surface area (Å²) in [6.07, 6.45) is 7.14. The Morgan fingerprint density at radius 3 is 2.80 bits per heavy atom. The predicted molar refractivity (Wildman–Crippen MR) is 80.7 cm³/mol. The number of primary amides is 1. The summed E-state index contributed by atoms with van der Waals surface area (Å²) in [6.45, 7) is 8.74. The van der Waals surface area contributed by atoms with Gasteiger partial charge in [0.25, 0.3) is 0 Å². The van der Waals surface area contributed by atoms with E-state index in [4.69, 9.17) is 5.73 Å². The smallest absolute Gasteiger partial charge is 0.248 e. The Kier molecular flexibility index (Phi) is 6.49. The summed E-state index contributed by atoms with van der Waals surface area (Å²) >= 11 is 0. The van der Waals surface area contributed by atoms with Gasteiger partial charge in [0.05, 0.1) is 0 Å². The molecule has 1 aliphatic heterocycles. The van der Waals surface area contributed by atoms with Crippen molar-refractivity contribution in [2.24, 2.45) is 11.7 Å². The molecule has 0 aromatic carbocycles. The lowest BCUT2D eigenvalue weighted by Gasteiger charge is -2.18. The molecule has 0 radical (unpaired) electrons. The fourth-order valence-corrected chi connectivity index (χ4v) is 2.34. The third-order valence-corrected chi connectivity index (χ3v) is 3.90. The molecule has 112 valence electrons. The second-order valence-electron chi connectivity index (χ2n) is 5.58. The highest BCUT2D eigenvalue weighted by molar-refractivity contribution is 5.94. The Morgan fingerprint density at radius 2 is 2.20 bits per heavy atom. The molecule has 4 heteroatoms. The molecule has 0 saturated carbocycles. The van der Waals surface area contributed by atoms with Crippen molar-refractivity contribution < 1.29 is 9.59 Å². The molecule has 1 aliphatic rings. The lowest BCUT2D eigenvalue weighted by molar-refractivity contribution is -0.128. The van der Waals surface area contributed by atoms with Crippen LogP contribution in [-0.2, 0) is 9.59 Å². The van der Waals surface area contributed by atoms with Gasteiger partial charge in [0.1, 0.15) is 0 Å². The summed E-state index contributed by atoms with van der Waals surface area (Å²) in [5.74, 6) is 0.286. The van der Waals surface area contributed by atoms with E-state index in [-0.39, 0.29) is 11.5 Å². The molecule has 1 atom stereocenters. The molecule has 0 aromatic heterocycles. The fraction of sp³-hybridized carbons (Fsp3) is 0.625. The third-order valence-electron chi connectivity index (χ3n) is 3.90. The van der Waals surface area contributed by atoms with E-state index in [9.17, 15) is 9.59 Å². The molecule has 0 bridgehead atoms. The van der Waals surface area contributed by atoms with Gasteiger partial charge >= 0.3 is 0 Å². The molecule has 2 N–H and O–H groups in total. The first-order valence-corrected chi connectivity index (χ1v) is 7.45. The highest BCUT2D eigenvalue weighted by Crippen LogP contribution is 2.24. The van der Waals surface area contributed by atoms with Crippen LogP contribution in [0.15, 0.2) is 23.9 Å². The van der Waals surface area contributed by atoms with Crippen LogP contribution >= 0.6 is 0 Å². The molecule has 1 rings (SSSR count). The van der Waals surface area contributed by atoms with Crippen LogP contribution in [0.5, 0.6) is 0 Å². The largest absolute Gasteiger partial charge is 0.366 e. The molecule has 0 spiro atoms. The van der Waals surface area contributed by atoms with E-state index in [0.29, 0.717) is 12.3 Å². The van der Waals surface area contributed by atoms with Crippen molar-refractivity contribution in [3.8, 4) is 0 Å². The second kappa shape index (κ2) is 7.88. The Balaban J connectivity index is 2.54. The molecule has 4 nitrogen and oxygen atoms in total. The second-order valence-corrected chi connectivity index (χ2v) is 5.58. The van der Waals surface area contributed by atoms with Crippen molar-refractivity contribution in [2.75, 3.05) is 6.54 Å². The van der Waals surface area contributed by atoms with Crippen LogP contribution in [0.4, 0.5) is 0 Å². The van der Waals surface area contributed by atoms with Gasteiger partial charge in [0.2, 0.25) is 11.8 Å². The minimum atomic E-state index is -0.534. The number of carbonyl (C=O) groups excluding carboxylic acids is 2. The summed E-state index contributed by atoms with van der Waals surface area (Å²) < 4.78 is 0. The lowest BCUT2D eigenvalue weighted by Crippen LogP contribution is -2.26. The topological polar surface area (TPSA) is 63.4 Å². The molecule has 0 unspecified atom stereocenters. The number of likely N-dealkylation sites (tertiary alicyclic amines) is 1. The lowest BCUT2D eigenvalue weighted by atomic mass is 10.0. The normalized spacial score (nSPS) is 18.3. The van der Waals surface area contributed by atoms with Crippen LogP contribution in [0, 0.1) is 5.92 Å². The maximum absolute atomic E-state index is 12.2. The van der Waals surface area contributed by atoms with E-state index < -0.39 is 5.91 Å². The van der Waals surface area contributed by atoms with Crippen LogP contribution in [0.2, 0.25) is 0 Å². The first-order valence-electron chi connectivity index (χ1n) is 7.45. The number of carbonyl (C=O) groups is 2. The van der Waals surface area contributed by atoms with E-state index in [1.807, 2.05) is 0 Å². The van der Waals surface area contributed by atoms with Crippen LogP contribution in [0.1, 0.15) is 52.4 Å². The number of allylic oxidation sites excluding steroid dienone is 1. The van der Waals surface area contributed by atoms with Gasteiger partial charge in [0, 0.05) is 24.2 Å². The monoisotopic (exact) mass is 278 g/mol. The van der Waals surface area contributed by atoms with E-state index in [0.717, 1.165) is 44.3 Å². The van der Waals surface area contributed by atoms with Crippen molar-refractivity contribution >= 4 is 11.8 Å². The summed E-state index contributed by atoms with van der Waals surface area (Å²) in [5, 5.41) is 0. The Morgan fingerprint density at radius 1 is 1.50 bits per heavy atom. The molecule has 20 heavy (non-hydrogen) atoms. The third kappa shape index (κ3) is 4.83. The van der Waals surface area contributed by atoms with Crippen LogP contribution in [-0.4, -0.2) is 23.3 Å². The quantitative estimate of drug-likeness (QED) is 0.728. The molecule has 2 amide bonds. The van der Waals surface area contributed by atoms with Crippen molar-refractivity contribution in [3.05, 3.63) is 23.9 Å². The number of hydrogen-bond donors (Lipinski definition) is 1. The van der Waals surface area contributed by atoms with Gasteiger partial charge in [-0.05, 0) is 31.3 Å². The average Bonchev–Trinajstić information content (AvgIpc) is 2.86. The highest BCUT2D eigenvalue weighted by Gasteiger charge is 2.23. The van der Waals surface area contributed by atoms with E-state index in [1.165, 1.54) is 0 Å². The zero-order chi connectivity index (χ0) is 15.1. The standard InChI is InChI=1S/C16H26N2O2/c1-4-12(2)7-5-9-15(19)18-10-6-8-14(18)11-13(3)16(17)20/h11-12H,3-10H2,1-2H3,(H2,17,20)/b14-11+/t12-/m0/s1. The van der Waals surface area contributed by atoms with Crippen molar-refractivity contribution in [2.45, 2.75) is 52.4 Å². The van der Waals surface area contributed by atoms with E-state index >= 15 is 0 Å². The number of nitrogens with two attached hydrogens (primary N) is 1. The van der Waals surface area contributed by atoms with Gasteiger partial charge in [-0.15, -0.1) is 0 Å². The van der Waals surface area contributed by atoms with Gasteiger partial charge in [-0.25, -0.2) is 0 Å². The van der Waals surface area contributed by atoms with Gasteiger partial charge in [-0.3, -0.25) is 9.59 Å². The van der Waals surface area contributed by atoms with Crippen LogP contribution in [0.25, 0.3) is 0 Å². The Hall–Kier alpha value is -1.58. The summed E-state index contributed by atoms with van der Waals surface area (Å²) in [7, 11) is 0. The van der Waals surface area contributed by atoms with E-state index in [2.05, 4.69) is 20.4 Å². The number of hydrogen-bond acceptors (Lipinski definition) is 2. The first-order chi connectivity index (χ1) is 9.45. The number of amides is 2. The summed E-state index contributed by atoms with van der Waals surface area (Å²) in [6, 6.07) is 0. The molecular weight excluding hydrogens is 252 g/mol. The Bertz CT molecular complexity index is 413. The molecule has 1 fully saturated rings. The van der Waals surface area contributed by atoms with Crippen molar-refractivity contribution in [1.82, 2.24) is 4.90 Å². The van der Waals surface area contributed by atoms with Crippen molar-refractivity contribution in [1.29, 1.82) is 0 Å².